The Morgan fingerprint density at radius 3 is 2.00 bits per heavy atom. The predicted octanol–water partition coefficient (Wildman–Crippen LogP) is 7.44. The molecule has 3 atom stereocenters. The van der Waals surface area contributed by atoms with Gasteiger partial charge in [-0.15, -0.1) is 0 Å². The van der Waals surface area contributed by atoms with Crippen molar-refractivity contribution in [2.75, 3.05) is 7.05 Å². The Bertz CT molecular complexity index is 1440. The van der Waals surface area contributed by atoms with Gasteiger partial charge in [0.1, 0.15) is 23.9 Å². The van der Waals surface area contributed by atoms with Crippen LogP contribution in [0.4, 0.5) is 0 Å². The number of likely N-dealkylation sites (N-methyl/N-ethyl adjacent to an activating group) is 1. The van der Waals surface area contributed by atoms with E-state index in [0.717, 1.165) is 29.7 Å². The van der Waals surface area contributed by atoms with Gasteiger partial charge in [-0.25, -0.2) is 0 Å². The first-order valence-electron chi connectivity index (χ1n) is 16.8. The molecule has 0 aliphatic heterocycles. The zero-order valence-electron chi connectivity index (χ0n) is 29.4. The lowest BCUT2D eigenvalue weighted by Crippen LogP contribution is -2.69. The lowest BCUT2D eigenvalue weighted by atomic mass is 9.60. The Hall–Kier alpha value is -3.64. The molecule has 0 bridgehead atoms. The summed E-state index contributed by atoms with van der Waals surface area (Å²) in [4.78, 5) is 30.4. The number of nitrogens with one attached hydrogen (secondary N) is 2. The van der Waals surface area contributed by atoms with E-state index in [-0.39, 0.29) is 23.1 Å². The van der Waals surface area contributed by atoms with Crippen molar-refractivity contribution in [2.24, 2.45) is 11.8 Å². The van der Waals surface area contributed by atoms with Crippen LogP contribution in [-0.4, -0.2) is 40.9 Å². The van der Waals surface area contributed by atoms with Crippen molar-refractivity contribution in [3.63, 3.8) is 0 Å². The minimum absolute atomic E-state index is 0.0665. The van der Waals surface area contributed by atoms with Crippen molar-refractivity contribution in [1.82, 2.24) is 15.5 Å². The van der Waals surface area contributed by atoms with Crippen molar-refractivity contribution >= 4 is 11.8 Å². The van der Waals surface area contributed by atoms with Gasteiger partial charge in [0.25, 0.3) is 0 Å². The maximum absolute atomic E-state index is 14.5. The molecule has 0 aromatic heterocycles. The summed E-state index contributed by atoms with van der Waals surface area (Å²) >= 11 is 0. The van der Waals surface area contributed by atoms with Gasteiger partial charge in [0.05, 0.1) is 0 Å². The first-order chi connectivity index (χ1) is 21.6. The van der Waals surface area contributed by atoms with E-state index in [1.807, 2.05) is 75.4 Å². The third-order valence-electron chi connectivity index (χ3n) is 9.30. The average Bonchev–Trinajstić information content (AvgIpc) is 2.95. The van der Waals surface area contributed by atoms with Gasteiger partial charge in [-0.1, -0.05) is 101 Å². The molecule has 6 heteroatoms. The summed E-state index contributed by atoms with van der Waals surface area (Å²) in [5, 5.41) is 6.36. The van der Waals surface area contributed by atoms with Crippen molar-refractivity contribution in [3.05, 3.63) is 101 Å². The predicted molar refractivity (Wildman–Crippen MR) is 188 cm³/mol. The maximum Gasteiger partial charge on any atom is 0.243 e. The van der Waals surface area contributed by atoms with Gasteiger partial charge >= 0.3 is 0 Å². The number of carbonyl (C=O) groups excluding carboxylic acids is 2. The first-order valence-corrected chi connectivity index (χ1v) is 16.8. The topological polar surface area (TPSA) is 70.7 Å². The molecular formula is C40H55N3O3. The van der Waals surface area contributed by atoms with E-state index in [1.54, 1.807) is 0 Å². The highest BCUT2D eigenvalue weighted by Crippen LogP contribution is 2.48. The normalized spacial score (nSPS) is 19.0. The maximum atomic E-state index is 14.5. The first kappa shape index (κ1) is 35.2. The molecule has 0 radical (unpaired) electrons. The van der Waals surface area contributed by atoms with E-state index in [1.165, 1.54) is 11.1 Å². The second-order valence-corrected chi connectivity index (χ2v) is 15.5. The van der Waals surface area contributed by atoms with Crippen LogP contribution in [0.25, 0.3) is 0 Å². The Balaban J connectivity index is 1.53. The third-order valence-corrected chi connectivity index (χ3v) is 9.30. The summed E-state index contributed by atoms with van der Waals surface area (Å²) in [6, 6.07) is 25.9. The SMILES string of the molecule is CC(C)C1CC[C@]1(C(=O)N[C@@H](Cc1ccc(OCc2ccccc2)cc1)C(=O)NC(C)(C)C)N(C)Cc1ccc(C(C)(C)C)cc1. The summed E-state index contributed by atoms with van der Waals surface area (Å²) < 4.78 is 5.97. The van der Waals surface area contributed by atoms with E-state index in [0.29, 0.717) is 25.5 Å². The van der Waals surface area contributed by atoms with Gasteiger partial charge in [-0.2, -0.15) is 0 Å². The van der Waals surface area contributed by atoms with Crippen molar-refractivity contribution in [3.8, 4) is 5.75 Å². The van der Waals surface area contributed by atoms with E-state index in [9.17, 15) is 9.59 Å². The molecule has 2 N–H and O–H groups in total. The Morgan fingerprint density at radius 2 is 1.48 bits per heavy atom. The number of benzene rings is 3. The van der Waals surface area contributed by atoms with Crippen LogP contribution in [0.3, 0.4) is 0 Å². The summed E-state index contributed by atoms with van der Waals surface area (Å²) in [6.45, 7) is 18.1. The fraction of sp³-hybridized carbons (Fsp3) is 0.500. The van der Waals surface area contributed by atoms with Crippen LogP contribution in [0, 0.1) is 11.8 Å². The summed E-state index contributed by atoms with van der Waals surface area (Å²) in [7, 11) is 2.06. The molecule has 1 fully saturated rings. The average molecular weight is 626 g/mol. The van der Waals surface area contributed by atoms with Gasteiger partial charge in [0.2, 0.25) is 11.8 Å². The van der Waals surface area contributed by atoms with Crippen molar-refractivity contribution < 1.29 is 14.3 Å². The van der Waals surface area contributed by atoms with Crippen LogP contribution in [0.1, 0.15) is 90.5 Å². The van der Waals surface area contributed by atoms with Crippen LogP contribution < -0.4 is 15.4 Å². The number of nitrogens with zero attached hydrogens (tertiary/aromatic N) is 1. The quantitative estimate of drug-likeness (QED) is 0.220. The molecule has 1 aliphatic rings. The van der Waals surface area contributed by atoms with Crippen LogP contribution in [0.15, 0.2) is 78.9 Å². The number of hydrogen-bond acceptors (Lipinski definition) is 4. The van der Waals surface area contributed by atoms with E-state index in [4.69, 9.17) is 4.74 Å². The van der Waals surface area contributed by atoms with Crippen LogP contribution >= 0.6 is 0 Å². The lowest BCUT2D eigenvalue weighted by molar-refractivity contribution is -0.152. The summed E-state index contributed by atoms with van der Waals surface area (Å²) in [5.74, 6) is 1.04. The molecular weight excluding hydrogens is 570 g/mol. The molecule has 4 rings (SSSR count). The molecule has 0 heterocycles. The van der Waals surface area contributed by atoms with E-state index >= 15 is 0 Å². The molecule has 1 saturated carbocycles. The second-order valence-electron chi connectivity index (χ2n) is 15.5. The zero-order valence-corrected chi connectivity index (χ0v) is 29.4. The minimum Gasteiger partial charge on any atom is -0.489 e. The standard InChI is InChI=1S/C40H55N3O3/c1-28(2)34-23-24-40(34,43(9)26-30-15-19-32(20-16-30)38(3,4)5)37(45)41-35(36(44)42-39(6,7)8)25-29-17-21-33(22-18-29)46-27-31-13-11-10-12-14-31/h10-22,28,34-35H,23-27H2,1-9H3,(H,41,45)(H,42,44)/t34?,35-,40-/m0/s1. The monoisotopic (exact) mass is 625 g/mol. The van der Waals surface area contributed by atoms with Crippen molar-refractivity contribution in [1.29, 1.82) is 0 Å². The number of carbonyl (C=O) groups is 2. The molecule has 2 amide bonds. The Labute approximate surface area is 277 Å². The summed E-state index contributed by atoms with van der Waals surface area (Å²) in [6.07, 6.45) is 2.13. The smallest absolute Gasteiger partial charge is 0.243 e. The van der Waals surface area contributed by atoms with Crippen LogP contribution in [0.5, 0.6) is 5.75 Å². The Morgan fingerprint density at radius 1 is 0.870 bits per heavy atom. The fourth-order valence-electron chi connectivity index (χ4n) is 6.57. The number of rotatable bonds is 12. The highest BCUT2D eigenvalue weighted by molar-refractivity contribution is 5.93. The molecule has 1 aliphatic carbocycles. The van der Waals surface area contributed by atoms with Gasteiger partial charge in [0, 0.05) is 18.5 Å². The van der Waals surface area contributed by atoms with Gasteiger partial charge in [0.15, 0.2) is 0 Å². The number of amides is 2. The Kier molecular flexibility index (Phi) is 11.0. The molecule has 1 unspecified atom stereocenters. The third kappa shape index (κ3) is 8.79. The molecule has 46 heavy (non-hydrogen) atoms. The highest BCUT2D eigenvalue weighted by Gasteiger charge is 2.56. The number of ether oxygens (including phenoxy) is 1. The van der Waals surface area contributed by atoms with Crippen LogP contribution in [0.2, 0.25) is 0 Å². The van der Waals surface area contributed by atoms with Crippen molar-refractivity contribution in [2.45, 2.75) is 110 Å². The van der Waals surface area contributed by atoms with E-state index in [2.05, 4.69) is 81.5 Å². The van der Waals surface area contributed by atoms with Gasteiger partial charge < -0.3 is 15.4 Å². The molecule has 248 valence electrons. The van der Waals surface area contributed by atoms with Crippen LogP contribution in [-0.2, 0) is 34.6 Å². The number of hydrogen-bond donors (Lipinski definition) is 2. The summed E-state index contributed by atoms with van der Waals surface area (Å²) in [5.41, 5.74) is 3.49. The molecule has 0 saturated heterocycles. The molecule has 6 nitrogen and oxygen atoms in total. The largest absolute Gasteiger partial charge is 0.489 e. The fourth-order valence-corrected chi connectivity index (χ4v) is 6.57. The highest BCUT2D eigenvalue weighted by atomic mass is 16.5. The molecule has 3 aromatic rings. The molecule has 3 aromatic carbocycles. The van der Waals surface area contributed by atoms with Gasteiger partial charge in [-0.3, -0.25) is 14.5 Å². The minimum atomic E-state index is -0.715. The van der Waals surface area contributed by atoms with Gasteiger partial charge in [-0.05, 0) is 92.3 Å². The zero-order chi connectivity index (χ0) is 33.7. The lowest BCUT2D eigenvalue weighted by Gasteiger charge is -2.55. The molecule has 0 spiro atoms. The second kappa shape index (κ2) is 14.4. The van der Waals surface area contributed by atoms with E-state index < -0.39 is 17.1 Å².